The molecule has 1 aliphatic rings. The highest BCUT2D eigenvalue weighted by Gasteiger charge is 2.24. The number of aliphatic hydroxyl groups is 1. The van der Waals surface area contributed by atoms with Crippen LogP contribution in [0, 0.1) is 5.92 Å². The normalized spacial score (nSPS) is 25.5. The number of nitrogens with zero attached hydrogens (tertiary/aromatic N) is 2. The van der Waals surface area contributed by atoms with Crippen LogP contribution < -0.4 is 4.90 Å². The zero-order chi connectivity index (χ0) is 11.5. The predicted molar refractivity (Wildman–Crippen MR) is 61.6 cm³/mol. The van der Waals surface area contributed by atoms with E-state index in [-0.39, 0.29) is 6.10 Å². The van der Waals surface area contributed by atoms with Crippen molar-refractivity contribution in [3.8, 4) is 0 Å². The number of aliphatic hydroxyl groups excluding tert-OH is 1. The molecule has 2 heterocycles. The van der Waals surface area contributed by atoms with Crippen LogP contribution in [-0.2, 0) is 0 Å². The average Bonchev–Trinajstić information content (AvgIpc) is 2.33. The Balaban J connectivity index is 2.09. The minimum absolute atomic E-state index is 0.290. The maximum absolute atomic E-state index is 10.5. The minimum Gasteiger partial charge on any atom is -0.391 e. The third-order valence-electron chi connectivity index (χ3n) is 3.15. The number of anilines is 1. The topological polar surface area (TPSA) is 53.4 Å². The second kappa shape index (κ2) is 4.61. The molecule has 16 heavy (non-hydrogen) atoms. The van der Waals surface area contributed by atoms with Gasteiger partial charge in [-0.2, -0.15) is 0 Å². The summed E-state index contributed by atoms with van der Waals surface area (Å²) in [6.45, 7) is 3.59. The van der Waals surface area contributed by atoms with E-state index < -0.39 is 0 Å². The fraction of sp³-hybridized carbons (Fsp3) is 0.500. The monoisotopic (exact) mass is 220 g/mol. The molecule has 86 valence electrons. The zero-order valence-electron chi connectivity index (χ0n) is 9.34. The van der Waals surface area contributed by atoms with Crippen molar-refractivity contribution in [1.82, 2.24) is 4.98 Å². The third kappa shape index (κ3) is 2.22. The Morgan fingerprint density at radius 1 is 1.56 bits per heavy atom. The summed E-state index contributed by atoms with van der Waals surface area (Å²) in [4.78, 5) is 16.8. The number of hydrogen-bond acceptors (Lipinski definition) is 4. The second-order valence-corrected chi connectivity index (χ2v) is 4.35. The van der Waals surface area contributed by atoms with Gasteiger partial charge in [0.05, 0.1) is 6.10 Å². The van der Waals surface area contributed by atoms with Crippen LogP contribution in [0.4, 0.5) is 5.82 Å². The molecule has 1 aromatic rings. The summed E-state index contributed by atoms with van der Waals surface area (Å²) in [6.07, 6.45) is 3.02. The van der Waals surface area contributed by atoms with Crippen LogP contribution in [0.1, 0.15) is 23.7 Å². The van der Waals surface area contributed by atoms with Crippen LogP contribution in [0.2, 0.25) is 0 Å². The Morgan fingerprint density at radius 2 is 2.38 bits per heavy atom. The van der Waals surface area contributed by atoms with Crippen LogP contribution in [0.15, 0.2) is 18.3 Å². The predicted octanol–water partition coefficient (Wildman–Crippen LogP) is 1.10. The van der Waals surface area contributed by atoms with Gasteiger partial charge in [-0.1, -0.05) is 6.92 Å². The molecule has 0 spiro atoms. The molecule has 2 unspecified atom stereocenters. The first kappa shape index (κ1) is 11.1. The Bertz CT molecular complexity index is 364. The van der Waals surface area contributed by atoms with Gasteiger partial charge in [-0.3, -0.25) is 4.79 Å². The Kier molecular flexibility index (Phi) is 3.19. The quantitative estimate of drug-likeness (QED) is 0.758. The molecule has 0 amide bonds. The van der Waals surface area contributed by atoms with Gasteiger partial charge in [0.25, 0.3) is 0 Å². The van der Waals surface area contributed by atoms with E-state index in [0.717, 1.165) is 25.1 Å². The SMILES string of the molecule is CC1CCN(c2ccc(C=O)cn2)CC1O. The van der Waals surface area contributed by atoms with E-state index in [2.05, 4.69) is 16.8 Å². The molecule has 4 nitrogen and oxygen atoms in total. The maximum atomic E-state index is 10.5. The third-order valence-corrected chi connectivity index (χ3v) is 3.15. The van der Waals surface area contributed by atoms with Crippen LogP contribution in [0.25, 0.3) is 0 Å². The van der Waals surface area contributed by atoms with Gasteiger partial charge in [0.2, 0.25) is 0 Å². The van der Waals surface area contributed by atoms with Crippen molar-refractivity contribution in [3.63, 3.8) is 0 Å². The Labute approximate surface area is 94.9 Å². The van der Waals surface area contributed by atoms with Crippen LogP contribution in [0.3, 0.4) is 0 Å². The van der Waals surface area contributed by atoms with E-state index in [9.17, 15) is 9.90 Å². The van der Waals surface area contributed by atoms with E-state index in [1.54, 1.807) is 12.3 Å². The summed E-state index contributed by atoms with van der Waals surface area (Å²) in [7, 11) is 0. The summed E-state index contributed by atoms with van der Waals surface area (Å²) in [5.74, 6) is 1.18. The number of pyridine rings is 1. The van der Waals surface area contributed by atoms with E-state index >= 15 is 0 Å². The van der Waals surface area contributed by atoms with Crippen LogP contribution in [-0.4, -0.2) is 35.6 Å². The van der Waals surface area contributed by atoms with E-state index in [1.165, 1.54) is 0 Å². The fourth-order valence-electron chi connectivity index (χ4n) is 1.91. The number of β-amino-alcohol motifs (C(OH)–C–C–N with tert-alkyl or cyclic N) is 1. The molecule has 0 aromatic carbocycles. The van der Waals surface area contributed by atoms with Crippen LogP contribution in [0.5, 0.6) is 0 Å². The average molecular weight is 220 g/mol. The molecule has 2 rings (SSSR count). The molecule has 2 atom stereocenters. The van der Waals surface area contributed by atoms with E-state index in [1.807, 2.05) is 6.07 Å². The largest absolute Gasteiger partial charge is 0.391 e. The van der Waals surface area contributed by atoms with Gasteiger partial charge < -0.3 is 10.0 Å². The van der Waals surface area contributed by atoms with Gasteiger partial charge in [-0.25, -0.2) is 4.98 Å². The molecule has 4 heteroatoms. The minimum atomic E-state index is -0.290. The molecule has 0 saturated carbocycles. The number of rotatable bonds is 2. The first-order valence-electron chi connectivity index (χ1n) is 5.55. The molecular weight excluding hydrogens is 204 g/mol. The van der Waals surface area contributed by atoms with Crippen molar-refractivity contribution < 1.29 is 9.90 Å². The molecular formula is C12H16N2O2. The summed E-state index contributed by atoms with van der Waals surface area (Å²) >= 11 is 0. The lowest BCUT2D eigenvalue weighted by molar-refractivity contribution is 0.102. The van der Waals surface area contributed by atoms with Crippen molar-refractivity contribution in [2.75, 3.05) is 18.0 Å². The highest BCUT2D eigenvalue weighted by molar-refractivity contribution is 5.74. The lowest BCUT2D eigenvalue weighted by Crippen LogP contribution is -2.43. The van der Waals surface area contributed by atoms with E-state index in [0.29, 0.717) is 18.0 Å². The Morgan fingerprint density at radius 3 is 2.94 bits per heavy atom. The fourth-order valence-corrected chi connectivity index (χ4v) is 1.91. The standard InChI is InChI=1S/C12H16N2O2/c1-9-4-5-14(7-11(9)16)12-3-2-10(8-15)6-13-12/h2-3,6,8-9,11,16H,4-5,7H2,1H3. The molecule has 0 radical (unpaired) electrons. The molecule has 1 aromatic heterocycles. The lowest BCUT2D eigenvalue weighted by Gasteiger charge is -2.35. The summed E-state index contributed by atoms with van der Waals surface area (Å²) in [6, 6.07) is 3.58. The first-order chi connectivity index (χ1) is 7.70. The highest BCUT2D eigenvalue weighted by atomic mass is 16.3. The van der Waals surface area contributed by atoms with Crippen molar-refractivity contribution >= 4 is 12.1 Å². The van der Waals surface area contributed by atoms with Gasteiger partial charge in [-0.05, 0) is 24.5 Å². The summed E-state index contributed by atoms with van der Waals surface area (Å²) in [5.41, 5.74) is 0.578. The van der Waals surface area contributed by atoms with Gasteiger partial charge in [0.1, 0.15) is 5.82 Å². The Hall–Kier alpha value is -1.42. The van der Waals surface area contributed by atoms with Gasteiger partial charge >= 0.3 is 0 Å². The van der Waals surface area contributed by atoms with Gasteiger partial charge in [-0.15, -0.1) is 0 Å². The van der Waals surface area contributed by atoms with Crippen LogP contribution >= 0.6 is 0 Å². The number of carbonyl (C=O) groups is 1. The highest BCUT2D eigenvalue weighted by Crippen LogP contribution is 2.21. The van der Waals surface area contributed by atoms with Crippen molar-refractivity contribution in [2.24, 2.45) is 5.92 Å². The number of hydrogen-bond donors (Lipinski definition) is 1. The molecule has 1 saturated heterocycles. The molecule has 0 aliphatic carbocycles. The molecule has 1 fully saturated rings. The lowest BCUT2D eigenvalue weighted by atomic mass is 9.96. The molecule has 1 aliphatic heterocycles. The number of carbonyl (C=O) groups excluding carboxylic acids is 1. The maximum Gasteiger partial charge on any atom is 0.151 e. The molecule has 0 bridgehead atoms. The number of aromatic nitrogens is 1. The molecule has 1 N–H and O–H groups in total. The summed E-state index contributed by atoms with van der Waals surface area (Å²) < 4.78 is 0. The number of piperidine rings is 1. The zero-order valence-corrected chi connectivity index (χ0v) is 9.34. The van der Waals surface area contributed by atoms with Crippen molar-refractivity contribution in [1.29, 1.82) is 0 Å². The van der Waals surface area contributed by atoms with Gasteiger partial charge in [0, 0.05) is 24.8 Å². The van der Waals surface area contributed by atoms with E-state index in [4.69, 9.17) is 0 Å². The smallest absolute Gasteiger partial charge is 0.151 e. The first-order valence-corrected chi connectivity index (χ1v) is 5.55. The number of aldehydes is 1. The van der Waals surface area contributed by atoms with Gasteiger partial charge in [0.15, 0.2) is 6.29 Å². The van der Waals surface area contributed by atoms with Crippen molar-refractivity contribution in [2.45, 2.75) is 19.4 Å². The second-order valence-electron chi connectivity index (χ2n) is 4.35. The summed E-state index contributed by atoms with van der Waals surface area (Å²) in [5, 5.41) is 9.78. The van der Waals surface area contributed by atoms with Crippen molar-refractivity contribution in [3.05, 3.63) is 23.9 Å².